The van der Waals surface area contributed by atoms with Crippen molar-refractivity contribution in [3.05, 3.63) is 47.7 Å². The standard InChI is InChI=1S/C13H15N3/c1-9-3-4-10(2)12(7-9)16-13-8-11(14)5-6-15-13/h3-8H,1-2H3,(H3,14,15,16). The zero-order chi connectivity index (χ0) is 11.5. The molecule has 0 spiro atoms. The summed E-state index contributed by atoms with van der Waals surface area (Å²) in [6.07, 6.45) is 1.70. The minimum absolute atomic E-state index is 0.711. The molecule has 3 nitrogen and oxygen atoms in total. The molecule has 0 aliphatic carbocycles. The minimum atomic E-state index is 0.711. The van der Waals surface area contributed by atoms with E-state index < -0.39 is 0 Å². The van der Waals surface area contributed by atoms with Crippen LogP contribution in [0.4, 0.5) is 17.2 Å². The lowest BCUT2D eigenvalue weighted by Gasteiger charge is -2.09. The summed E-state index contributed by atoms with van der Waals surface area (Å²) >= 11 is 0. The molecule has 0 saturated carbocycles. The summed E-state index contributed by atoms with van der Waals surface area (Å²) in [5.74, 6) is 0.772. The number of aryl methyl sites for hydroxylation is 2. The van der Waals surface area contributed by atoms with Crippen LogP contribution in [0.15, 0.2) is 36.5 Å². The number of hydrogen-bond donors (Lipinski definition) is 2. The van der Waals surface area contributed by atoms with Crippen LogP contribution >= 0.6 is 0 Å². The third-order valence-electron chi connectivity index (χ3n) is 2.44. The lowest BCUT2D eigenvalue weighted by atomic mass is 10.1. The van der Waals surface area contributed by atoms with Crippen molar-refractivity contribution in [2.75, 3.05) is 11.1 Å². The highest BCUT2D eigenvalue weighted by atomic mass is 15.0. The van der Waals surface area contributed by atoms with Gasteiger partial charge in [0.1, 0.15) is 5.82 Å². The Bertz CT molecular complexity index is 506. The van der Waals surface area contributed by atoms with Crippen molar-refractivity contribution in [3.8, 4) is 0 Å². The SMILES string of the molecule is Cc1ccc(C)c(Nc2cc(N)ccn2)c1. The van der Waals surface area contributed by atoms with Gasteiger partial charge in [-0.05, 0) is 37.1 Å². The molecule has 0 atom stereocenters. The van der Waals surface area contributed by atoms with Crippen LogP contribution in [0.5, 0.6) is 0 Å². The van der Waals surface area contributed by atoms with Gasteiger partial charge in [0, 0.05) is 23.6 Å². The molecule has 2 aromatic rings. The lowest BCUT2D eigenvalue weighted by Crippen LogP contribution is -1.97. The Kier molecular flexibility index (Phi) is 2.77. The fourth-order valence-electron chi connectivity index (χ4n) is 1.52. The number of nitrogen functional groups attached to an aromatic ring is 1. The molecule has 0 radical (unpaired) electrons. The minimum Gasteiger partial charge on any atom is -0.399 e. The molecule has 3 N–H and O–H groups in total. The smallest absolute Gasteiger partial charge is 0.132 e. The first-order valence-electron chi connectivity index (χ1n) is 5.21. The van der Waals surface area contributed by atoms with Crippen molar-refractivity contribution in [1.82, 2.24) is 4.98 Å². The van der Waals surface area contributed by atoms with Crippen LogP contribution < -0.4 is 11.1 Å². The average molecular weight is 213 g/mol. The van der Waals surface area contributed by atoms with E-state index in [1.165, 1.54) is 11.1 Å². The van der Waals surface area contributed by atoms with Crippen LogP contribution in [0.25, 0.3) is 0 Å². The zero-order valence-corrected chi connectivity index (χ0v) is 9.49. The van der Waals surface area contributed by atoms with Gasteiger partial charge in [-0.3, -0.25) is 0 Å². The maximum Gasteiger partial charge on any atom is 0.132 e. The molecule has 3 heteroatoms. The summed E-state index contributed by atoms with van der Waals surface area (Å²) in [6, 6.07) is 9.87. The second kappa shape index (κ2) is 4.23. The number of nitrogens with two attached hydrogens (primary N) is 1. The predicted octanol–water partition coefficient (Wildman–Crippen LogP) is 3.02. The molecule has 0 saturated heterocycles. The van der Waals surface area contributed by atoms with Crippen molar-refractivity contribution in [1.29, 1.82) is 0 Å². The Morgan fingerprint density at radius 1 is 1.12 bits per heavy atom. The first kappa shape index (κ1) is 10.5. The maximum atomic E-state index is 5.70. The lowest BCUT2D eigenvalue weighted by molar-refractivity contribution is 1.29. The number of rotatable bonds is 2. The van der Waals surface area contributed by atoms with E-state index in [2.05, 4.69) is 42.3 Å². The summed E-state index contributed by atoms with van der Waals surface area (Å²) in [5.41, 5.74) is 9.89. The van der Waals surface area contributed by atoms with Gasteiger partial charge in [0.15, 0.2) is 0 Å². The molecule has 82 valence electrons. The molecular formula is C13H15N3. The zero-order valence-electron chi connectivity index (χ0n) is 9.49. The van der Waals surface area contributed by atoms with Gasteiger partial charge in [-0.1, -0.05) is 12.1 Å². The van der Waals surface area contributed by atoms with Crippen molar-refractivity contribution < 1.29 is 0 Å². The van der Waals surface area contributed by atoms with Crippen molar-refractivity contribution in [3.63, 3.8) is 0 Å². The maximum absolute atomic E-state index is 5.70. The summed E-state index contributed by atoms with van der Waals surface area (Å²) in [6.45, 7) is 4.13. The van der Waals surface area contributed by atoms with Gasteiger partial charge in [-0.2, -0.15) is 0 Å². The number of aromatic nitrogens is 1. The van der Waals surface area contributed by atoms with Crippen LogP contribution in [-0.4, -0.2) is 4.98 Å². The van der Waals surface area contributed by atoms with Crippen LogP contribution in [-0.2, 0) is 0 Å². The normalized spacial score (nSPS) is 10.1. The van der Waals surface area contributed by atoms with Crippen LogP contribution in [0.3, 0.4) is 0 Å². The summed E-state index contributed by atoms with van der Waals surface area (Å²) in [5, 5.41) is 3.26. The van der Waals surface area contributed by atoms with E-state index in [0.29, 0.717) is 5.69 Å². The highest BCUT2D eigenvalue weighted by Gasteiger charge is 2.00. The van der Waals surface area contributed by atoms with E-state index in [4.69, 9.17) is 5.73 Å². The molecule has 2 rings (SSSR count). The van der Waals surface area contributed by atoms with E-state index in [9.17, 15) is 0 Å². The van der Waals surface area contributed by atoms with E-state index in [1.54, 1.807) is 12.3 Å². The van der Waals surface area contributed by atoms with Gasteiger partial charge >= 0.3 is 0 Å². The van der Waals surface area contributed by atoms with Crippen LogP contribution in [0.2, 0.25) is 0 Å². The largest absolute Gasteiger partial charge is 0.399 e. The van der Waals surface area contributed by atoms with Crippen LogP contribution in [0, 0.1) is 13.8 Å². The molecule has 0 unspecified atom stereocenters. The van der Waals surface area contributed by atoms with Gasteiger partial charge in [0.2, 0.25) is 0 Å². The second-order valence-corrected chi connectivity index (χ2v) is 3.92. The molecule has 0 amide bonds. The van der Waals surface area contributed by atoms with E-state index in [0.717, 1.165) is 11.5 Å². The van der Waals surface area contributed by atoms with Crippen LogP contribution in [0.1, 0.15) is 11.1 Å². The van der Waals surface area contributed by atoms with Gasteiger partial charge < -0.3 is 11.1 Å². The number of pyridine rings is 1. The molecule has 1 aromatic carbocycles. The first-order valence-corrected chi connectivity index (χ1v) is 5.21. The van der Waals surface area contributed by atoms with E-state index in [-0.39, 0.29) is 0 Å². The van der Waals surface area contributed by atoms with Gasteiger partial charge in [0.25, 0.3) is 0 Å². The van der Waals surface area contributed by atoms with Crippen molar-refractivity contribution >= 4 is 17.2 Å². The fourth-order valence-corrected chi connectivity index (χ4v) is 1.52. The Hall–Kier alpha value is -2.03. The second-order valence-electron chi connectivity index (χ2n) is 3.92. The predicted molar refractivity (Wildman–Crippen MR) is 67.8 cm³/mol. The fraction of sp³-hybridized carbons (Fsp3) is 0.154. The summed E-state index contributed by atoms with van der Waals surface area (Å²) in [7, 11) is 0. The molecule has 1 heterocycles. The number of hydrogen-bond acceptors (Lipinski definition) is 3. The molecule has 16 heavy (non-hydrogen) atoms. The molecular weight excluding hydrogens is 198 g/mol. The Labute approximate surface area is 95.3 Å². The summed E-state index contributed by atoms with van der Waals surface area (Å²) < 4.78 is 0. The van der Waals surface area contributed by atoms with Gasteiger partial charge in [-0.15, -0.1) is 0 Å². The molecule has 1 aromatic heterocycles. The number of nitrogens with one attached hydrogen (secondary N) is 1. The Balaban J connectivity index is 2.30. The third-order valence-corrected chi connectivity index (χ3v) is 2.44. The van der Waals surface area contributed by atoms with Gasteiger partial charge in [-0.25, -0.2) is 4.98 Å². The van der Waals surface area contributed by atoms with Crippen molar-refractivity contribution in [2.24, 2.45) is 0 Å². The highest BCUT2D eigenvalue weighted by molar-refractivity contribution is 5.63. The molecule has 0 aliphatic rings. The Morgan fingerprint density at radius 2 is 1.94 bits per heavy atom. The number of benzene rings is 1. The highest BCUT2D eigenvalue weighted by Crippen LogP contribution is 2.21. The summed E-state index contributed by atoms with van der Waals surface area (Å²) in [4.78, 5) is 4.21. The molecule has 0 bridgehead atoms. The molecule has 0 fully saturated rings. The van der Waals surface area contributed by atoms with E-state index in [1.807, 2.05) is 6.07 Å². The quantitative estimate of drug-likeness (QED) is 0.806. The number of anilines is 3. The Morgan fingerprint density at radius 3 is 2.69 bits per heavy atom. The van der Waals surface area contributed by atoms with E-state index >= 15 is 0 Å². The molecule has 0 aliphatic heterocycles. The third kappa shape index (κ3) is 2.31. The topological polar surface area (TPSA) is 50.9 Å². The van der Waals surface area contributed by atoms with Crippen molar-refractivity contribution in [2.45, 2.75) is 13.8 Å². The number of nitrogens with zero attached hydrogens (tertiary/aromatic N) is 1. The average Bonchev–Trinajstić information content (AvgIpc) is 2.24. The monoisotopic (exact) mass is 213 g/mol. The van der Waals surface area contributed by atoms with Gasteiger partial charge in [0.05, 0.1) is 0 Å². The first-order chi connectivity index (χ1) is 7.65.